The predicted molar refractivity (Wildman–Crippen MR) is 73.5 cm³/mol. The summed E-state index contributed by atoms with van der Waals surface area (Å²) in [6.07, 6.45) is 0.743. The van der Waals surface area contributed by atoms with Crippen LogP contribution in [0.2, 0.25) is 0 Å². The van der Waals surface area contributed by atoms with Gasteiger partial charge in [0.05, 0.1) is 5.75 Å². The lowest BCUT2D eigenvalue weighted by Gasteiger charge is -1.97. The fourth-order valence-electron chi connectivity index (χ4n) is 1.82. The molecular formula is C12H14N6OS. The maximum Gasteiger partial charge on any atom is 0.253 e. The molecule has 3 heterocycles. The third-order valence-electron chi connectivity index (χ3n) is 2.73. The van der Waals surface area contributed by atoms with Gasteiger partial charge in [0.2, 0.25) is 16.9 Å². The molecule has 3 rings (SSSR count). The van der Waals surface area contributed by atoms with Crippen LogP contribution in [-0.4, -0.2) is 29.8 Å². The minimum Gasteiger partial charge on any atom is -0.424 e. The van der Waals surface area contributed by atoms with Gasteiger partial charge in [-0.25, -0.2) is 9.50 Å². The van der Waals surface area contributed by atoms with Gasteiger partial charge in [0.25, 0.3) is 5.78 Å². The molecule has 7 nitrogen and oxygen atoms in total. The van der Waals surface area contributed by atoms with Gasteiger partial charge >= 0.3 is 0 Å². The number of rotatable bonds is 4. The zero-order valence-corrected chi connectivity index (χ0v) is 12.3. The molecule has 20 heavy (non-hydrogen) atoms. The van der Waals surface area contributed by atoms with Gasteiger partial charge < -0.3 is 4.42 Å². The van der Waals surface area contributed by atoms with Crippen molar-refractivity contribution in [1.82, 2.24) is 29.8 Å². The van der Waals surface area contributed by atoms with Crippen LogP contribution >= 0.6 is 11.8 Å². The molecule has 0 atom stereocenters. The first kappa shape index (κ1) is 13.0. The van der Waals surface area contributed by atoms with Gasteiger partial charge in [-0.05, 0) is 19.9 Å². The quantitative estimate of drug-likeness (QED) is 0.679. The first-order chi connectivity index (χ1) is 9.65. The van der Waals surface area contributed by atoms with E-state index in [0.29, 0.717) is 28.5 Å². The van der Waals surface area contributed by atoms with E-state index in [-0.39, 0.29) is 0 Å². The molecule has 0 aliphatic rings. The summed E-state index contributed by atoms with van der Waals surface area (Å²) >= 11 is 1.46. The van der Waals surface area contributed by atoms with Gasteiger partial charge in [0.15, 0.2) is 0 Å². The number of aromatic nitrogens is 6. The van der Waals surface area contributed by atoms with Gasteiger partial charge in [0, 0.05) is 17.8 Å². The van der Waals surface area contributed by atoms with Gasteiger partial charge in [-0.2, -0.15) is 4.98 Å². The maximum absolute atomic E-state index is 5.45. The average Bonchev–Trinajstić information content (AvgIpc) is 3.02. The van der Waals surface area contributed by atoms with Crippen LogP contribution in [0.15, 0.2) is 15.6 Å². The minimum absolute atomic E-state index is 0.557. The molecule has 0 aliphatic carbocycles. The van der Waals surface area contributed by atoms with E-state index < -0.39 is 0 Å². The number of thioether (sulfide) groups is 1. The van der Waals surface area contributed by atoms with Gasteiger partial charge in [-0.3, -0.25) is 0 Å². The Labute approximate surface area is 119 Å². The molecular weight excluding hydrogens is 276 g/mol. The number of hydrogen-bond donors (Lipinski definition) is 0. The molecule has 3 aromatic heterocycles. The summed E-state index contributed by atoms with van der Waals surface area (Å²) in [5.41, 5.74) is 1.95. The SMILES string of the molecule is CCc1nnc(CSc2nc3nc(C)cc(C)n3n2)o1. The number of hydrogen-bond acceptors (Lipinski definition) is 7. The van der Waals surface area contributed by atoms with Gasteiger partial charge in [-0.1, -0.05) is 18.7 Å². The standard InChI is InChI=1S/C12H14N6OS/c1-4-9-15-16-10(19-9)6-20-12-14-11-13-7(2)5-8(3)18(11)17-12/h5H,4,6H2,1-3H3. The van der Waals surface area contributed by atoms with E-state index in [0.717, 1.165) is 17.8 Å². The van der Waals surface area contributed by atoms with Crippen molar-refractivity contribution >= 4 is 17.5 Å². The topological polar surface area (TPSA) is 82.0 Å². The molecule has 0 radical (unpaired) electrons. The van der Waals surface area contributed by atoms with Crippen molar-refractivity contribution in [3.63, 3.8) is 0 Å². The van der Waals surface area contributed by atoms with Gasteiger partial charge in [-0.15, -0.1) is 15.3 Å². The van der Waals surface area contributed by atoms with E-state index in [1.807, 2.05) is 26.8 Å². The number of nitrogens with zero attached hydrogens (tertiary/aromatic N) is 6. The summed E-state index contributed by atoms with van der Waals surface area (Å²) in [7, 11) is 0. The van der Waals surface area contributed by atoms with E-state index in [4.69, 9.17) is 4.42 Å². The van der Waals surface area contributed by atoms with E-state index in [1.165, 1.54) is 11.8 Å². The monoisotopic (exact) mass is 290 g/mol. The molecule has 104 valence electrons. The summed E-state index contributed by atoms with van der Waals surface area (Å²) < 4.78 is 7.19. The fraction of sp³-hybridized carbons (Fsp3) is 0.417. The summed E-state index contributed by atoms with van der Waals surface area (Å²) in [6.45, 7) is 5.90. The van der Waals surface area contributed by atoms with Gasteiger partial charge in [0.1, 0.15) is 0 Å². The summed E-state index contributed by atoms with van der Waals surface area (Å²) in [4.78, 5) is 8.74. The van der Waals surface area contributed by atoms with E-state index in [9.17, 15) is 0 Å². The molecule has 0 saturated carbocycles. The zero-order valence-electron chi connectivity index (χ0n) is 11.5. The van der Waals surface area contributed by atoms with Crippen molar-refractivity contribution in [3.8, 4) is 0 Å². The second kappa shape index (κ2) is 5.20. The van der Waals surface area contributed by atoms with Crippen molar-refractivity contribution in [2.75, 3.05) is 0 Å². The van der Waals surface area contributed by atoms with E-state index in [2.05, 4.69) is 25.3 Å². The summed E-state index contributed by atoms with van der Waals surface area (Å²) in [6, 6.07) is 1.97. The van der Waals surface area contributed by atoms with Crippen LogP contribution in [0.5, 0.6) is 0 Å². The average molecular weight is 290 g/mol. The largest absolute Gasteiger partial charge is 0.424 e. The highest BCUT2D eigenvalue weighted by Crippen LogP contribution is 2.19. The van der Waals surface area contributed by atoms with Crippen LogP contribution < -0.4 is 0 Å². The molecule has 3 aromatic rings. The lowest BCUT2D eigenvalue weighted by molar-refractivity contribution is 0.470. The lowest BCUT2D eigenvalue weighted by atomic mass is 10.4. The molecule has 0 aliphatic heterocycles. The van der Waals surface area contributed by atoms with Crippen molar-refractivity contribution in [3.05, 3.63) is 29.2 Å². The Morgan fingerprint density at radius 2 is 2.00 bits per heavy atom. The normalized spacial score (nSPS) is 11.3. The fourth-order valence-corrected chi connectivity index (χ4v) is 2.48. The lowest BCUT2D eigenvalue weighted by Crippen LogP contribution is -1.97. The van der Waals surface area contributed by atoms with Crippen LogP contribution in [0.3, 0.4) is 0 Å². The maximum atomic E-state index is 5.45. The molecule has 0 saturated heterocycles. The highest BCUT2D eigenvalue weighted by molar-refractivity contribution is 7.98. The predicted octanol–water partition coefficient (Wildman–Crippen LogP) is 1.98. The molecule has 0 bridgehead atoms. The number of fused-ring (bicyclic) bond motifs is 1. The van der Waals surface area contributed by atoms with Crippen LogP contribution in [0.25, 0.3) is 5.78 Å². The van der Waals surface area contributed by atoms with Crippen LogP contribution in [-0.2, 0) is 12.2 Å². The number of aryl methyl sites for hydroxylation is 3. The molecule has 0 spiro atoms. The molecule has 0 amide bonds. The third-order valence-corrected chi connectivity index (χ3v) is 3.56. The van der Waals surface area contributed by atoms with Crippen molar-refractivity contribution in [1.29, 1.82) is 0 Å². The molecule has 8 heteroatoms. The molecule has 0 aromatic carbocycles. The van der Waals surface area contributed by atoms with E-state index in [1.54, 1.807) is 4.52 Å². The highest BCUT2D eigenvalue weighted by Gasteiger charge is 2.10. The smallest absolute Gasteiger partial charge is 0.253 e. The van der Waals surface area contributed by atoms with Crippen LogP contribution in [0.4, 0.5) is 0 Å². The second-order valence-corrected chi connectivity index (χ2v) is 5.32. The second-order valence-electron chi connectivity index (χ2n) is 4.38. The molecule has 0 N–H and O–H groups in total. The Balaban J connectivity index is 1.79. The summed E-state index contributed by atoms with van der Waals surface area (Å²) in [5.74, 6) is 2.41. The third kappa shape index (κ3) is 2.51. The Morgan fingerprint density at radius 1 is 1.20 bits per heavy atom. The minimum atomic E-state index is 0.557. The van der Waals surface area contributed by atoms with Crippen LogP contribution in [0, 0.1) is 13.8 Å². The Morgan fingerprint density at radius 3 is 2.75 bits per heavy atom. The first-order valence-corrected chi connectivity index (χ1v) is 7.29. The molecule has 0 unspecified atom stereocenters. The van der Waals surface area contributed by atoms with Crippen LogP contribution in [0.1, 0.15) is 30.1 Å². The zero-order chi connectivity index (χ0) is 14.1. The Hall–Kier alpha value is -1.96. The highest BCUT2D eigenvalue weighted by atomic mass is 32.2. The van der Waals surface area contributed by atoms with Crippen molar-refractivity contribution in [2.24, 2.45) is 0 Å². The van der Waals surface area contributed by atoms with E-state index >= 15 is 0 Å². The Kier molecular flexibility index (Phi) is 3.39. The van der Waals surface area contributed by atoms with Crippen molar-refractivity contribution in [2.45, 2.75) is 38.1 Å². The summed E-state index contributed by atoms with van der Waals surface area (Å²) in [5, 5.41) is 13.0. The Bertz CT molecular complexity index is 750. The van der Waals surface area contributed by atoms with Crippen molar-refractivity contribution < 1.29 is 4.42 Å². The molecule has 0 fully saturated rings. The first-order valence-electron chi connectivity index (χ1n) is 6.31.